The summed E-state index contributed by atoms with van der Waals surface area (Å²) in [5.74, 6) is 1.02. The average molecular weight is 308 g/mol. The van der Waals surface area contributed by atoms with Gasteiger partial charge in [-0.25, -0.2) is 0 Å². The molecule has 0 atom stereocenters. The van der Waals surface area contributed by atoms with E-state index in [2.05, 4.69) is 27.5 Å². The summed E-state index contributed by atoms with van der Waals surface area (Å²) < 4.78 is 0. The van der Waals surface area contributed by atoms with Gasteiger partial charge in [0.25, 0.3) is 0 Å². The summed E-state index contributed by atoms with van der Waals surface area (Å²) >= 11 is 0. The van der Waals surface area contributed by atoms with Crippen molar-refractivity contribution in [3.8, 4) is 0 Å². The lowest BCUT2D eigenvalue weighted by Gasteiger charge is -2.41. The van der Waals surface area contributed by atoms with Crippen molar-refractivity contribution in [3.05, 3.63) is 0 Å². The first kappa shape index (κ1) is 16.2. The molecule has 5 heteroatoms. The average Bonchev–Trinajstić information content (AvgIpc) is 3.33. The molecule has 2 N–H and O–H groups in total. The minimum absolute atomic E-state index is 0.179. The van der Waals surface area contributed by atoms with E-state index in [-0.39, 0.29) is 5.91 Å². The van der Waals surface area contributed by atoms with Crippen LogP contribution in [0.2, 0.25) is 0 Å². The van der Waals surface area contributed by atoms with E-state index in [4.69, 9.17) is 0 Å². The van der Waals surface area contributed by atoms with Crippen LogP contribution in [0.4, 0.5) is 0 Å². The van der Waals surface area contributed by atoms with Gasteiger partial charge in [-0.2, -0.15) is 0 Å². The van der Waals surface area contributed by atoms with Crippen LogP contribution in [-0.4, -0.2) is 74.1 Å². The van der Waals surface area contributed by atoms with Crippen molar-refractivity contribution < 1.29 is 4.79 Å². The Morgan fingerprint density at radius 2 is 1.68 bits per heavy atom. The predicted octanol–water partition coefficient (Wildman–Crippen LogP) is 0.661. The van der Waals surface area contributed by atoms with Crippen LogP contribution in [0, 0.1) is 5.92 Å². The van der Waals surface area contributed by atoms with E-state index in [1.165, 1.54) is 38.8 Å². The number of nitrogens with one attached hydrogen (secondary N) is 2. The van der Waals surface area contributed by atoms with Crippen LogP contribution >= 0.6 is 0 Å². The Kier molecular flexibility index (Phi) is 5.71. The third-order valence-corrected chi connectivity index (χ3v) is 5.51. The molecule has 0 aromatic carbocycles. The topological polar surface area (TPSA) is 47.6 Å². The highest BCUT2D eigenvalue weighted by Crippen LogP contribution is 2.27. The van der Waals surface area contributed by atoms with Gasteiger partial charge >= 0.3 is 0 Å². The quantitative estimate of drug-likeness (QED) is 0.757. The first-order valence-electron chi connectivity index (χ1n) is 9.13. The van der Waals surface area contributed by atoms with E-state index >= 15 is 0 Å². The Morgan fingerprint density at radius 1 is 1.00 bits per heavy atom. The molecule has 2 heterocycles. The zero-order chi connectivity index (χ0) is 15.4. The molecule has 2 aliphatic heterocycles. The lowest BCUT2D eigenvalue weighted by atomic mass is 9.98. The zero-order valence-electron chi connectivity index (χ0n) is 14.0. The highest BCUT2D eigenvalue weighted by Gasteiger charge is 2.28. The molecule has 3 rings (SSSR count). The van der Waals surface area contributed by atoms with Gasteiger partial charge in [-0.05, 0) is 71.1 Å². The number of likely N-dealkylation sites (tertiary alicyclic amines) is 2. The van der Waals surface area contributed by atoms with Gasteiger partial charge in [-0.1, -0.05) is 0 Å². The molecule has 126 valence electrons. The van der Waals surface area contributed by atoms with Crippen LogP contribution in [0.15, 0.2) is 0 Å². The van der Waals surface area contributed by atoms with Crippen molar-refractivity contribution >= 4 is 5.91 Å². The molecule has 2 saturated heterocycles. The molecular formula is C17H32N4O. The van der Waals surface area contributed by atoms with Crippen molar-refractivity contribution in [2.45, 2.75) is 50.6 Å². The molecule has 5 nitrogen and oxygen atoms in total. The normalized spacial score (nSPS) is 26.2. The van der Waals surface area contributed by atoms with E-state index in [0.717, 1.165) is 44.4 Å². The molecule has 0 bridgehead atoms. The molecule has 1 saturated carbocycles. The van der Waals surface area contributed by atoms with E-state index in [9.17, 15) is 4.79 Å². The molecule has 22 heavy (non-hydrogen) atoms. The largest absolute Gasteiger partial charge is 0.352 e. The summed E-state index contributed by atoms with van der Waals surface area (Å²) in [4.78, 5) is 17.0. The second-order valence-corrected chi connectivity index (χ2v) is 7.49. The van der Waals surface area contributed by atoms with Gasteiger partial charge in [-0.15, -0.1) is 0 Å². The van der Waals surface area contributed by atoms with Gasteiger partial charge in [0, 0.05) is 25.2 Å². The smallest absolute Gasteiger partial charge is 0.234 e. The fourth-order valence-corrected chi connectivity index (χ4v) is 3.76. The summed E-state index contributed by atoms with van der Waals surface area (Å²) in [5.41, 5.74) is 0. The van der Waals surface area contributed by atoms with Crippen LogP contribution in [0.3, 0.4) is 0 Å². The van der Waals surface area contributed by atoms with Crippen molar-refractivity contribution in [2.75, 3.05) is 46.3 Å². The number of nitrogens with zero attached hydrogens (tertiary/aromatic N) is 2. The van der Waals surface area contributed by atoms with E-state index in [0.29, 0.717) is 12.6 Å². The van der Waals surface area contributed by atoms with Crippen molar-refractivity contribution in [1.29, 1.82) is 0 Å². The van der Waals surface area contributed by atoms with Crippen LogP contribution in [0.5, 0.6) is 0 Å². The fraction of sp³-hybridized carbons (Fsp3) is 0.941. The first-order chi connectivity index (χ1) is 10.7. The third kappa shape index (κ3) is 4.93. The number of hydrogen-bond donors (Lipinski definition) is 2. The second kappa shape index (κ2) is 7.75. The Hall–Kier alpha value is -0.650. The Labute approximate surface area is 134 Å². The number of hydrogen-bond acceptors (Lipinski definition) is 4. The van der Waals surface area contributed by atoms with Crippen LogP contribution in [-0.2, 0) is 4.79 Å². The van der Waals surface area contributed by atoms with Crippen molar-refractivity contribution in [3.63, 3.8) is 0 Å². The number of amides is 1. The highest BCUT2D eigenvalue weighted by molar-refractivity contribution is 5.78. The van der Waals surface area contributed by atoms with E-state index < -0.39 is 0 Å². The molecule has 0 unspecified atom stereocenters. The summed E-state index contributed by atoms with van der Waals surface area (Å²) in [5, 5.41) is 6.48. The van der Waals surface area contributed by atoms with Crippen LogP contribution in [0.25, 0.3) is 0 Å². The summed E-state index contributed by atoms with van der Waals surface area (Å²) in [7, 11) is 2.22. The molecule has 0 aromatic heterocycles. The maximum atomic E-state index is 11.9. The molecule has 3 aliphatic rings. The lowest BCUT2D eigenvalue weighted by molar-refractivity contribution is -0.121. The Balaban J connectivity index is 1.30. The molecule has 1 aliphatic carbocycles. The fourth-order valence-electron chi connectivity index (χ4n) is 3.76. The molecule has 1 amide bonds. The summed E-state index contributed by atoms with van der Waals surface area (Å²) in [6.45, 7) is 6.26. The number of carbonyl (C=O) groups is 1. The minimum atomic E-state index is 0.179. The zero-order valence-corrected chi connectivity index (χ0v) is 14.0. The standard InChI is InChI=1S/C17H32N4O/c1-20-8-6-16(7-9-20)21-10-4-15(5-11-21)19-17(22)13-18-12-14-2-3-14/h14-16,18H,2-13H2,1H3,(H,19,22). The lowest BCUT2D eigenvalue weighted by Crippen LogP contribution is -2.51. The Bertz CT molecular complexity index is 356. The highest BCUT2D eigenvalue weighted by atomic mass is 16.1. The van der Waals surface area contributed by atoms with Gasteiger partial charge in [0.15, 0.2) is 0 Å². The summed E-state index contributed by atoms with van der Waals surface area (Å²) in [6, 6.07) is 1.16. The van der Waals surface area contributed by atoms with Gasteiger partial charge in [-0.3, -0.25) is 4.79 Å². The van der Waals surface area contributed by atoms with Gasteiger partial charge in [0.05, 0.1) is 6.54 Å². The third-order valence-electron chi connectivity index (χ3n) is 5.51. The molecule has 3 fully saturated rings. The summed E-state index contributed by atoms with van der Waals surface area (Å²) in [6.07, 6.45) is 7.51. The minimum Gasteiger partial charge on any atom is -0.352 e. The first-order valence-corrected chi connectivity index (χ1v) is 9.13. The molecule has 0 radical (unpaired) electrons. The second-order valence-electron chi connectivity index (χ2n) is 7.49. The monoisotopic (exact) mass is 308 g/mol. The van der Waals surface area contributed by atoms with Gasteiger partial charge in [0.1, 0.15) is 0 Å². The van der Waals surface area contributed by atoms with E-state index in [1.54, 1.807) is 0 Å². The predicted molar refractivity (Wildman–Crippen MR) is 88.9 cm³/mol. The Morgan fingerprint density at radius 3 is 2.32 bits per heavy atom. The van der Waals surface area contributed by atoms with Crippen LogP contribution in [0.1, 0.15) is 38.5 Å². The van der Waals surface area contributed by atoms with E-state index in [1.807, 2.05) is 0 Å². The van der Waals surface area contributed by atoms with Gasteiger partial charge < -0.3 is 20.4 Å². The van der Waals surface area contributed by atoms with Crippen molar-refractivity contribution in [2.24, 2.45) is 5.92 Å². The SMILES string of the molecule is CN1CCC(N2CCC(NC(=O)CNCC3CC3)CC2)CC1. The van der Waals surface area contributed by atoms with Crippen molar-refractivity contribution in [1.82, 2.24) is 20.4 Å². The molecule has 0 aromatic rings. The number of rotatable bonds is 6. The molecular weight excluding hydrogens is 276 g/mol. The number of piperidine rings is 2. The maximum Gasteiger partial charge on any atom is 0.234 e. The van der Waals surface area contributed by atoms with Gasteiger partial charge in [0.2, 0.25) is 5.91 Å². The number of carbonyl (C=O) groups excluding carboxylic acids is 1. The van der Waals surface area contributed by atoms with Crippen LogP contribution < -0.4 is 10.6 Å². The maximum absolute atomic E-state index is 11.9. The molecule has 0 spiro atoms.